The molecule has 36 heavy (non-hydrogen) atoms. The second kappa shape index (κ2) is 12.6. The standard InChI is InChI=1S/C26H37N5O4.CH4/c1-7-19(8-2)35-24-11-10-23-28-30(25(27)31(23)29-24)17-22(32)18-14-20(33-9-3)16-21(15-18)34-13-12-26(4,5)6;/h10-11,14-16,19,27H,7-9,12-13,17H2,1-6H3;1H4. The average Bonchev–Trinajstić information content (AvgIpc) is 3.11. The number of aromatic nitrogens is 4. The van der Waals surface area contributed by atoms with Gasteiger partial charge in [0.25, 0.3) is 0 Å². The molecule has 9 heteroatoms. The van der Waals surface area contributed by atoms with Crippen molar-refractivity contribution in [3.8, 4) is 17.4 Å². The lowest BCUT2D eigenvalue weighted by Crippen LogP contribution is -2.26. The topological polar surface area (TPSA) is 104 Å². The third kappa shape index (κ3) is 7.57. The third-order valence-electron chi connectivity index (χ3n) is 5.58. The number of nitrogens with one attached hydrogen (secondary N) is 1. The smallest absolute Gasteiger partial charge is 0.242 e. The number of ether oxygens (including phenoxy) is 3. The van der Waals surface area contributed by atoms with Crippen LogP contribution in [0.3, 0.4) is 0 Å². The zero-order valence-corrected chi connectivity index (χ0v) is 21.6. The molecule has 0 bridgehead atoms. The molecule has 0 atom stereocenters. The van der Waals surface area contributed by atoms with Crippen LogP contribution in [0.15, 0.2) is 30.3 Å². The van der Waals surface area contributed by atoms with E-state index in [4.69, 9.17) is 19.6 Å². The molecule has 0 aliphatic heterocycles. The summed E-state index contributed by atoms with van der Waals surface area (Å²) in [7, 11) is 0. The summed E-state index contributed by atoms with van der Waals surface area (Å²) in [6, 6.07) is 8.68. The molecule has 3 aromatic rings. The van der Waals surface area contributed by atoms with Crippen molar-refractivity contribution < 1.29 is 19.0 Å². The first-order chi connectivity index (χ1) is 16.6. The predicted molar refractivity (Wildman–Crippen MR) is 140 cm³/mol. The monoisotopic (exact) mass is 499 g/mol. The highest BCUT2D eigenvalue weighted by Crippen LogP contribution is 2.25. The number of benzene rings is 1. The number of Topliss-reactive ketones (excluding diaryl/α,β-unsaturated/α-hetero) is 1. The summed E-state index contributed by atoms with van der Waals surface area (Å²) in [6.07, 6.45) is 2.67. The van der Waals surface area contributed by atoms with Gasteiger partial charge in [0.2, 0.25) is 11.5 Å². The number of fused-ring (bicyclic) bond motifs is 1. The van der Waals surface area contributed by atoms with Gasteiger partial charge in [-0.05, 0) is 49.8 Å². The number of nitrogens with zero attached hydrogens (tertiary/aromatic N) is 4. The zero-order valence-electron chi connectivity index (χ0n) is 21.6. The first-order valence-electron chi connectivity index (χ1n) is 12.3. The minimum absolute atomic E-state index is 0. The minimum atomic E-state index is -0.206. The lowest BCUT2D eigenvalue weighted by atomic mass is 9.93. The van der Waals surface area contributed by atoms with Crippen LogP contribution in [0.25, 0.3) is 5.65 Å². The molecule has 0 amide bonds. The molecular weight excluding hydrogens is 458 g/mol. The summed E-state index contributed by atoms with van der Waals surface area (Å²) in [5.74, 6) is 1.37. The van der Waals surface area contributed by atoms with Gasteiger partial charge in [-0.25, -0.2) is 4.68 Å². The Morgan fingerprint density at radius 2 is 1.69 bits per heavy atom. The predicted octanol–water partition coefficient (Wildman–Crippen LogP) is 5.31. The van der Waals surface area contributed by atoms with Crippen LogP contribution in [-0.4, -0.2) is 44.5 Å². The van der Waals surface area contributed by atoms with Crippen LogP contribution in [0.4, 0.5) is 0 Å². The van der Waals surface area contributed by atoms with E-state index < -0.39 is 0 Å². The fourth-order valence-electron chi connectivity index (χ4n) is 3.48. The molecule has 0 fully saturated rings. The molecule has 198 valence electrons. The number of ketones is 1. The summed E-state index contributed by atoms with van der Waals surface area (Å²) in [6.45, 7) is 13.4. The van der Waals surface area contributed by atoms with Crippen LogP contribution in [0.5, 0.6) is 17.4 Å². The van der Waals surface area contributed by atoms with Gasteiger partial charge in [0.15, 0.2) is 11.4 Å². The third-order valence-corrected chi connectivity index (χ3v) is 5.58. The summed E-state index contributed by atoms with van der Waals surface area (Å²) in [5.41, 5.74) is 1.05. The molecule has 2 aromatic heterocycles. The van der Waals surface area contributed by atoms with Gasteiger partial charge in [0, 0.05) is 17.7 Å². The molecule has 2 heterocycles. The fraction of sp³-hybridized carbons (Fsp3) is 0.556. The highest BCUT2D eigenvalue weighted by atomic mass is 16.5. The quantitative estimate of drug-likeness (QED) is 0.339. The van der Waals surface area contributed by atoms with Crippen molar-refractivity contribution in [3.63, 3.8) is 0 Å². The van der Waals surface area contributed by atoms with E-state index in [1.165, 1.54) is 9.20 Å². The van der Waals surface area contributed by atoms with E-state index in [0.717, 1.165) is 19.3 Å². The van der Waals surface area contributed by atoms with Crippen molar-refractivity contribution >= 4 is 11.4 Å². The van der Waals surface area contributed by atoms with Crippen molar-refractivity contribution in [1.82, 2.24) is 19.4 Å². The maximum Gasteiger partial charge on any atom is 0.242 e. The van der Waals surface area contributed by atoms with Gasteiger partial charge >= 0.3 is 0 Å². The summed E-state index contributed by atoms with van der Waals surface area (Å²) < 4.78 is 20.2. The maximum absolute atomic E-state index is 13.2. The SMILES string of the molecule is C.CCOc1cc(OCCC(C)(C)C)cc(C(=O)Cn2nc3ccc(OC(CC)CC)nn3c2=N)c1. The Balaban J connectivity index is 0.00000456. The van der Waals surface area contributed by atoms with E-state index in [-0.39, 0.29) is 36.9 Å². The van der Waals surface area contributed by atoms with E-state index in [0.29, 0.717) is 41.8 Å². The van der Waals surface area contributed by atoms with Crippen LogP contribution < -0.4 is 19.8 Å². The molecule has 9 nitrogen and oxygen atoms in total. The van der Waals surface area contributed by atoms with Crippen LogP contribution in [0.2, 0.25) is 0 Å². The van der Waals surface area contributed by atoms with Crippen molar-refractivity contribution in [3.05, 3.63) is 41.5 Å². The van der Waals surface area contributed by atoms with E-state index in [1.54, 1.807) is 30.3 Å². The highest BCUT2D eigenvalue weighted by molar-refractivity contribution is 5.96. The highest BCUT2D eigenvalue weighted by Gasteiger charge is 2.16. The molecule has 0 aliphatic rings. The summed E-state index contributed by atoms with van der Waals surface area (Å²) in [5, 5.41) is 17.3. The summed E-state index contributed by atoms with van der Waals surface area (Å²) in [4.78, 5) is 13.2. The van der Waals surface area contributed by atoms with Crippen LogP contribution in [0, 0.1) is 10.8 Å². The largest absolute Gasteiger partial charge is 0.494 e. The fourth-order valence-corrected chi connectivity index (χ4v) is 3.48. The van der Waals surface area contributed by atoms with Gasteiger partial charge in [0.05, 0.1) is 19.3 Å². The van der Waals surface area contributed by atoms with Crippen molar-refractivity contribution in [2.75, 3.05) is 13.2 Å². The van der Waals surface area contributed by atoms with Gasteiger partial charge in [0.1, 0.15) is 18.0 Å². The Morgan fingerprint density at radius 3 is 2.31 bits per heavy atom. The van der Waals surface area contributed by atoms with Crippen molar-refractivity contribution in [2.24, 2.45) is 5.41 Å². The van der Waals surface area contributed by atoms with Crippen molar-refractivity contribution in [2.45, 2.75) is 80.9 Å². The van der Waals surface area contributed by atoms with Crippen LogP contribution in [-0.2, 0) is 6.54 Å². The minimum Gasteiger partial charge on any atom is -0.494 e. The molecule has 0 saturated carbocycles. The lowest BCUT2D eigenvalue weighted by Gasteiger charge is -2.18. The van der Waals surface area contributed by atoms with E-state index in [2.05, 4.69) is 44.8 Å². The van der Waals surface area contributed by atoms with E-state index in [9.17, 15) is 4.79 Å². The molecule has 1 N–H and O–H groups in total. The first-order valence-corrected chi connectivity index (χ1v) is 12.3. The van der Waals surface area contributed by atoms with Gasteiger partial charge in [-0.15, -0.1) is 10.2 Å². The Morgan fingerprint density at radius 1 is 1.03 bits per heavy atom. The number of rotatable bonds is 12. The van der Waals surface area contributed by atoms with Gasteiger partial charge in [-0.2, -0.15) is 4.52 Å². The Kier molecular flexibility index (Phi) is 10.1. The Labute approximate surface area is 213 Å². The van der Waals surface area contributed by atoms with E-state index >= 15 is 0 Å². The van der Waals surface area contributed by atoms with Crippen molar-refractivity contribution in [1.29, 1.82) is 5.41 Å². The van der Waals surface area contributed by atoms with Gasteiger partial charge in [-0.3, -0.25) is 10.2 Å². The normalized spacial score (nSPS) is 11.4. The molecule has 0 radical (unpaired) electrons. The van der Waals surface area contributed by atoms with Crippen LogP contribution >= 0.6 is 0 Å². The maximum atomic E-state index is 13.2. The molecular formula is C27H41N5O4. The molecule has 3 rings (SSSR count). The second-order valence-electron chi connectivity index (χ2n) is 9.69. The molecule has 0 aliphatic carbocycles. The average molecular weight is 500 g/mol. The first kappa shape index (κ1) is 28.9. The zero-order chi connectivity index (χ0) is 25.6. The van der Waals surface area contributed by atoms with Crippen LogP contribution in [0.1, 0.15) is 78.6 Å². The number of hydrogen-bond donors (Lipinski definition) is 1. The second-order valence-corrected chi connectivity index (χ2v) is 9.69. The van der Waals surface area contributed by atoms with E-state index in [1.807, 2.05) is 6.92 Å². The summed E-state index contributed by atoms with van der Waals surface area (Å²) >= 11 is 0. The lowest BCUT2D eigenvalue weighted by molar-refractivity contribution is 0.0964. The Hall–Kier alpha value is -3.36. The Bertz CT molecular complexity index is 1210. The molecule has 1 aromatic carbocycles. The van der Waals surface area contributed by atoms with Gasteiger partial charge < -0.3 is 14.2 Å². The molecule has 0 saturated heterocycles. The molecule has 0 unspecified atom stereocenters. The number of carbonyl (C=O) groups is 1. The molecule has 0 spiro atoms. The number of hydrogen-bond acceptors (Lipinski definition) is 7. The number of carbonyl (C=O) groups excluding carboxylic acids is 1. The van der Waals surface area contributed by atoms with Gasteiger partial charge in [-0.1, -0.05) is 42.0 Å².